The molecule has 0 bridgehead atoms. The normalized spacial score (nSPS) is 11.9. The molecule has 0 heterocycles. The maximum Gasteiger partial charge on any atom is 0.307 e. The molecular formula is C13H19NO3. The first kappa shape index (κ1) is 13.5. The smallest absolute Gasteiger partial charge is 0.307 e. The molecule has 1 aromatic rings. The highest BCUT2D eigenvalue weighted by molar-refractivity contribution is 5.70. The van der Waals surface area contributed by atoms with Gasteiger partial charge in [0, 0.05) is 6.04 Å². The number of hydrogen-bond donors (Lipinski definition) is 1. The summed E-state index contributed by atoms with van der Waals surface area (Å²) in [4.78, 5) is 11.4. The Labute approximate surface area is 102 Å². The van der Waals surface area contributed by atoms with Crippen molar-refractivity contribution in [2.24, 2.45) is 5.73 Å². The minimum Gasteiger partial charge on any atom is -0.497 e. The number of benzene rings is 1. The lowest BCUT2D eigenvalue weighted by Gasteiger charge is -2.09. The molecule has 0 aliphatic carbocycles. The van der Waals surface area contributed by atoms with E-state index >= 15 is 0 Å². The molecule has 2 N–H and O–H groups in total. The molecule has 1 atom stereocenters. The minimum atomic E-state index is -0.262. The van der Waals surface area contributed by atoms with Crippen LogP contribution in [0.4, 0.5) is 0 Å². The number of rotatable bonds is 6. The first-order valence-corrected chi connectivity index (χ1v) is 5.69. The zero-order chi connectivity index (χ0) is 12.7. The van der Waals surface area contributed by atoms with Crippen molar-refractivity contribution in [1.82, 2.24) is 0 Å². The van der Waals surface area contributed by atoms with E-state index in [-0.39, 0.29) is 25.0 Å². The minimum absolute atomic E-state index is 0.118. The van der Waals surface area contributed by atoms with Gasteiger partial charge in [-0.25, -0.2) is 0 Å². The van der Waals surface area contributed by atoms with Crippen LogP contribution in [0.2, 0.25) is 0 Å². The lowest BCUT2D eigenvalue weighted by atomic mass is 10.2. The molecule has 4 nitrogen and oxygen atoms in total. The van der Waals surface area contributed by atoms with Crippen LogP contribution in [-0.4, -0.2) is 19.1 Å². The van der Waals surface area contributed by atoms with Gasteiger partial charge in [0.1, 0.15) is 12.4 Å². The zero-order valence-electron chi connectivity index (χ0n) is 10.3. The Bertz CT molecular complexity index is 365. The van der Waals surface area contributed by atoms with Crippen LogP contribution in [0.15, 0.2) is 24.3 Å². The predicted octanol–water partition coefficient (Wildman–Crippen LogP) is 1.87. The van der Waals surface area contributed by atoms with Crippen molar-refractivity contribution in [3.8, 4) is 5.75 Å². The van der Waals surface area contributed by atoms with Crippen molar-refractivity contribution in [1.29, 1.82) is 0 Å². The summed E-state index contributed by atoms with van der Waals surface area (Å²) in [6.45, 7) is 2.20. The van der Waals surface area contributed by atoms with E-state index in [4.69, 9.17) is 15.2 Å². The second kappa shape index (κ2) is 6.91. The van der Waals surface area contributed by atoms with Gasteiger partial charge < -0.3 is 15.2 Å². The topological polar surface area (TPSA) is 61.6 Å². The van der Waals surface area contributed by atoms with Crippen molar-refractivity contribution in [3.63, 3.8) is 0 Å². The second-order valence-corrected chi connectivity index (χ2v) is 3.88. The van der Waals surface area contributed by atoms with Crippen molar-refractivity contribution in [3.05, 3.63) is 29.8 Å². The van der Waals surface area contributed by atoms with Gasteiger partial charge in [0.2, 0.25) is 0 Å². The number of ether oxygens (including phenoxy) is 2. The van der Waals surface area contributed by atoms with E-state index in [0.717, 1.165) is 17.7 Å². The quantitative estimate of drug-likeness (QED) is 0.767. The van der Waals surface area contributed by atoms with Gasteiger partial charge in [-0.15, -0.1) is 0 Å². The van der Waals surface area contributed by atoms with Gasteiger partial charge in [-0.3, -0.25) is 4.79 Å². The molecule has 0 radical (unpaired) electrons. The maximum absolute atomic E-state index is 11.4. The molecule has 0 saturated carbocycles. The van der Waals surface area contributed by atoms with Gasteiger partial charge in [0.25, 0.3) is 0 Å². The van der Waals surface area contributed by atoms with E-state index < -0.39 is 0 Å². The maximum atomic E-state index is 11.4. The fraction of sp³-hybridized carbons (Fsp3) is 0.462. The zero-order valence-corrected chi connectivity index (χ0v) is 10.3. The summed E-state index contributed by atoms with van der Waals surface area (Å²) in [5.41, 5.74) is 6.57. The first-order valence-electron chi connectivity index (χ1n) is 5.69. The largest absolute Gasteiger partial charge is 0.497 e. The highest BCUT2D eigenvalue weighted by Crippen LogP contribution is 2.13. The molecule has 4 heteroatoms. The third-order valence-electron chi connectivity index (χ3n) is 2.49. The molecule has 1 rings (SSSR count). The Hall–Kier alpha value is -1.55. The van der Waals surface area contributed by atoms with Crippen molar-refractivity contribution in [2.45, 2.75) is 32.4 Å². The van der Waals surface area contributed by atoms with Gasteiger partial charge in [-0.2, -0.15) is 0 Å². The molecule has 0 aliphatic rings. The van der Waals surface area contributed by atoms with Gasteiger partial charge in [0.15, 0.2) is 0 Å². The van der Waals surface area contributed by atoms with E-state index in [0.29, 0.717) is 0 Å². The van der Waals surface area contributed by atoms with Gasteiger partial charge in [-0.1, -0.05) is 19.1 Å². The van der Waals surface area contributed by atoms with Gasteiger partial charge in [-0.05, 0) is 24.1 Å². The predicted molar refractivity (Wildman–Crippen MR) is 65.7 cm³/mol. The summed E-state index contributed by atoms with van der Waals surface area (Å²) < 4.78 is 10.2. The summed E-state index contributed by atoms with van der Waals surface area (Å²) in [6.07, 6.45) is 1.04. The lowest BCUT2D eigenvalue weighted by molar-refractivity contribution is -0.145. The van der Waals surface area contributed by atoms with Crippen molar-refractivity contribution in [2.75, 3.05) is 7.11 Å². The number of hydrogen-bond acceptors (Lipinski definition) is 4. The van der Waals surface area contributed by atoms with Crippen LogP contribution < -0.4 is 10.5 Å². The number of carbonyl (C=O) groups excluding carboxylic acids is 1. The third kappa shape index (κ3) is 4.87. The van der Waals surface area contributed by atoms with Crippen LogP contribution >= 0.6 is 0 Å². The highest BCUT2D eigenvalue weighted by atomic mass is 16.5. The monoisotopic (exact) mass is 237 g/mol. The van der Waals surface area contributed by atoms with Crippen LogP contribution in [-0.2, 0) is 16.1 Å². The standard InChI is InChI=1S/C13H19NO3/c1-3-11(14)8-13(15)17-9-10-5-4-6-12(7-10)16-2/h4-7,11H,3,8-9,14H2,1-2H3. The Balaban J connectivity index is 2.41. The molecular weight excluding hydrogens is 218 g/mol. The molecule has 17 heavy (non-hydrogen) atoms. The fourth-order valence-corrected chi connectivity index (χ4v) is 1.34. The SMILES string of the molecule is CCC(N)CC(=O)OCc1cccc(OC)c1. The Kier molecular flexibility index (Phi) is 5.49. The summed E-state index contributed by atoms with van der Waals surface area (Å²) in [5.74, 6) is 0.492. The third-order valence-corrected chi connectivity index (χ3v) is 2.49. The molecule has 0 amide bonds. The number of esters is 1. The van der Waals surface area contributed by atoms with E-state index in [2.05, 4.69) is 0 Å². The van der Waals surface area contributed by atoms with E-state index in [9.17, 15) is 4.79 Å². The Morgan fingerprint density at radius 2 is 2.24 bits per heavy atom. The van der Waals surface area contributed by atoms with E-state index in [1.165, 1.54) is 0 Å². The van der Waals surface area contributed by atoms with Crippen LogP contribution in [0.1, 0.15) is 25.3 Å². The molecule has 0 fully saturated rings. The summed E-state index contributed by atoms with van der Waals surface area (Å²) in [7, 11) is 1.60. The molecule has 0 saturated heterocycles. The van der Waals surface area contributed by atoms with Crippen LogP contribution in [0, 0.1) is 0 Å². The average Bonchev–Trinajstić information content (AvgIpc) is 2.36. The van der Waals surface area contributed by atoms with Crippen LogP contribution in [0.25, 0.3) is 0 Å². The molecule has 1 unspecified atom stereocenters. The average molecular weight is 237 g/mol. The van der Waals surface area contributed by atoms with Gasteiger partial charge >= 0.3 is 5.97 Å². The fourth-order valence-electron chi connectivity index (χ4n) is 1.34. The van der Waals surface area contributed by atoms with Crippen LogP contribution in [0.3, 0.4) is 0 Å². The lowest BCUT2D eigenvalue weighted by Crippen LogP contribution is -2.23. The number of methoxy groups -OCH3 is 1. The molecule has 0 spiro atoms. The summed E-state index contributed by atoms with van der Waals surface area (Å²) in [5, 5.41) is 0. The Morgan fingerprint density at radius 3 is 2.88 bits per heavy atom. The molecule has 94 valence electrons. The number of nitrogens with two attached hydrogens (primary N) is 1. The molecule has 1 aromatic carbocycles. The second-order valence-electron chi connectivity index (χ2n) is 3.88. The highest BCUT2D eigenvalue weighted by Gasteiger charge is 2.09. The van der Waals surface area contributed by atoms with Crippen LogP contribution in [0.5, 0.6) is 5.75 Å². The summed E-state index contributed by atoms with van der Waals surface area (Å²) in [6, 6.07) is 7.31. The van der Waals surface area contributed by atoms with Crippen molar-refractivity contribution < 1.29 is 14.3 Å². The molecule has 0 aromatic heterocycles. The Morgan fingerprint density at radius 1 is 1.47 bits per heavy atom. The molecule has 0 aliphatic heterocycles. The number of carbonyl (C=O) groups is 1. The van der Waals surface area contributed by atoms with Gasteiger partial charge in [0.05, 0.1) is 13.5 Å². The van der Waals surface area contributed by atoms with E-state index in [1.807, 2.05) is 31.2 Å². The summed E-state index contributed by atoms with van der Waals surface area (Å²) >= 11 is 0. The van der Waals surface area contributed by atoms with Crippen molar-refractivity contribution >= 4 is 5.97 Å². The first-order chi connectivity index (χ1) is 8.15. The van der Waals surface area contributed by atoms with E-state index in [1.54, 1.807) is 7.11 Å².